The Morgan fingerprint density at radius 1 is 1.17 bits per heavy atom. The van der Waals surface area contributed by atoms with Crippen LogP contribution < -0.4 is 5.73 Å². The normalized spacial score (nSPS) is 12.8. The van der Waals surface area contributed by atoms with Gasteiger partial charge in [0.2, 0.25) is 0 Å². The minimum Gasteiger partial charge on any atom is -0.459 e. The topological polar surface area (TPSA) is 52.0 Å². The summed E-state index contributed by atoms with van der Waals surface area (Å²) in [6.45, 7) is 1.90. The fourth-order valence-electron chi connectivity index (χ4n) is 1.96. The van der Waals surface area contributed by atoms with Gasteiger partial charge >= 0.3 is 0 Å². The zero-order chi connectivity index (χ0) is 12.5. The van der Waals surface area contributed by atoms with Crippen LogP contribution >= 0.6 is 0 Å². The van der Waals surface area contributed by atoms with E-state index in [1.165, 1.54) is 0 Å². The molecule has 90 valence electrons. The maximum Gasteiger partial charge on any atom is 0.135 e. The lowest BCUT2D eigenvalue weighted by Crippen LogP contribution is -2.02. The number of nitrogens with zero attached hydrogens (tertiary/aromatic N) is 1. The van der Waals surface area contributed by atoms with E-state index in [1.807, 2.05) is 49.5 Å². The van der Waals surface area contributed by atoms with E-state index in [9.17, 15) is 0 Å². The van der Waals surface area contributed by atoms with Crippen molar-refractivity contribution in [3.05, 3.63) is 54.4 Å². The van der Waals surface area contributed by atoms with Gasteiger partial charge in [0.1, 0.15) is 11.5 Å². The summed E-state index contributed by atoms with van der Waals surface area (Å²) < 4.78 is 5.72. The van der Waals surface area contributed by atoms with Crippen LogP contribution in [0.4, 0.5) is 0 Å². The second-order valence-corrected chi connectivity index (χ2v) is 4.41. The van der Waals surface area contributed by atoms with Crippen LogP contribution in [0.25, 0.3) is 22.2 Å². The molecule has 0 saturated heterocycles. The van der Waals surface area contributed by atoms with Crippen LogP contribution in [0, 0.1) is 0 Å². The molecule has 3 aromatic rings. The van der Waals surface area contributed by atoms with Gasteiger partial charge in [-0.3, -0.25) is 4.98 Å². The summed E-state index contributed by atoms with van der Waals surface area (Å²) in [6, 6.07) is 13.9. The minimum atomic E-state index is -0.0906. The molecule has 1 atom stereocenters. The highest BCUT2D eigenvalue weighted by molar-refractivity contribution is 5.82. The molecule has 18 heavy (non-hydrogen) atoms. The number of hydrogen-bond acceptors (Lipinski definition) is 3. The molecule has 1 unspecified atom stereocenters. The number of hydrogen-bond donors (Lipinski definition) is 1. The summed E-state index contributed by atoms with van der Waals surface area (Å²) in [5.41, 5.74) is 7.75. The lowest BCUT2D eigenvalue weighted by molar-refractivity contribution is 0.491. The van der Waals surface area contributed by atoms with Crippen LogP contribution in [0.2, 0.25) is 0 Å². The van der Waals surface area contributed by atoms with Gasteiger partial charge in [0.25, 0.3) is 0 Å². The Labute approximate surface area is 105 Å². The molecule has 3 nitrogen and oxygen atoms in total. The monoisotopic (exact) mass is 238 g/mol. The van der Waals surface area contributed by atoms with Crippen LogP contribution in [0.15, 0.2) is 53.1 Å². The highest BCUT2D eigenvalue weighted by Gasteiger charge is 2.08. The lowest BCUT2D eigenvalue weighted by Gasteiger charge is -2.01. The zero-order valence-corrected chi connectivity index (χ0v) is 10.1. The Bertz CT molecular complexity index is 686. The number of para-hydroxylation sites is 1. The van der Waals surface area contributed by atoms with Crippen molar-refractivity contribution in [2.75, 3.05) is 0 Å². The first-order valence-electron chi connectivity index (χ1n) is 5.94. The molecule has 3 rings (SSSR count). The van der Waals surface area contributed by atoms with Crippen molar-refractivity contribution < 1.29 is 4.42 Å². The Morgan fingerprint density at radius 2 is 2.00 bits per heavy atom. The number of nitrogens with two attached hydrogens (primary N) is 1. The van der Waals surface area contributed by atoms with Gasteiger partial charge in [-0.25, -0.2) is 0 Å². The van der Waals surface area contributed by atoms with Crippen molar-refractivity contribution in [3.63, 3.8) is 0 Å². The molecule has 0 aliphatic rings. The summed E-state index contributed by atoms with van der Waals surface area (Å²) in [5, 5.41) is 1.11. The average molecular weight is 238 g/mol. The molecule has 0 aliphatic carbocycles. The van der Waals surface area contributed by atoms with Crippen LogP contribution in [0.3, 0.4) is 0 Å². The van der Waals surface area contributed by atoms with E-state index >= 15 is 0 Å². The third kappa shape index (κ3) is 1.89. The molecule has 0 spiro atoms. The number of aromatic nitrogens is 1. The van der Waals surface area contributed by atoms with Crippen molar-refractivity contribution in [1.82, 2.24) is 4.98 Å². The SMILES string of the molecule is CC(N)c1ccc(-c2cnc3ccccc3c2)o1. The van der Waals surface area contributed by atoms with E-state index in [0.29, 0.717) is 0 Å². The first-order valence-corrected chi connectivity index (χ1v) is 5.94. The number of benzene rings is 1. The fraction of sp³-hybridized carbons (Fsp3) is 0.133. The standard InChI is InChI=1S/C15H14N2O/c1-10(16)14-6-7-15(18-14)12-8-11-4-2-3-5-13(11)17-9-12/h2-10H,16H2,1H3. The fourth-order valence-corrected chi connectivity index (χ4v) is 1.96. The van der Waals surface area contributed by atoms with E-state index in [1.54, 1.807) is 0 Å². The van der Waals surface area contributed by atoms with E-state index in [2.05, 4.69) is 11.1 Å². The maximum absolute atomic E-state index is 5.79. The Morgan fingerprint density at radius 3 is 2.78 bits per heavy atom. The van der Waals surface area contributed by atoms with E-state index in [4.69, 9.17) is 10.2 Å². The molecule has 0 fully saturated rings. The van der Waals surface area contributed by atoms with E-state index in [-0.39, 0.29) is 6.04 Å². The number of pyridine rings is 1. The molecular formula is C15H14N2O. The lowest BCUT2D eigenvalue weighted by atomic mass is 10.1. The summed E-state index contributed by atoms with van der Waals surface area (Å²) in [6.07, 6.45) is 1.83. The Hall–Kier alpha value is -2.13. The summed E-state index contributed by atoms with van der Waals surface area (Å²) in [4.78, 5) is 4.42. The van der Waals surface area contributed by atoms with Crippen LogP contribution in [0.1, 0.15) is 18.7 Å². The van der Waals surface area contributed by atoms with Crippen molar-refractivity contribution in [3.8, 4) is 11.3 Å². The molecule has 0 amide bonds. The first kappa shape index (κ1) is 11.0. The van der Waals surface area contributed by atoms with Gasteiger partial charge in [0, 0.05) is 17.1 Å². The molecule has 2 N–H and O–H groups in total. The van der Waals surface area contributed by atoms with Crippen molar-refractivity contribution in [2.45, 2.75) is 13.0 Å². The smallest absolute Gasteiger partial charge is 0.135 e. The van der Waals surface area contributed by atoms with Gasteiger partial charge in [-0.1, -0.05) is 18.2 Å². The minimum absolute atomic E-state index is 0.0906. The highest BCUT2D eigenvalue weighted by atomic mass is 16.3. The first-order chi connectivity index (χ1) is 8.74. The van der Waals surface area contributed by atoms with Crippen molar-refractivity contribution >= 4 is 10.9 Å². The predicted molar refractivity (Wildman–Crippen MR) is 72.0 cm³/mol. The number of furan rings is 1. The largest absolute Gasteiger partial charge is 0.459 e. The molecular weight excluding hydrogens is 224 g/mol. The van der Waals surface area contributed by atoms with Crippen LogP contribution in [-0.4, -0.2) is 4.98 Å². The van der Waals surface area contributed by atoms with Gasteiger partial charge in [-0.2, -0.15) is 0 Å². The molecule has 0 radical (unpaired) electrons. The van der Waals surface area contributed by atoms with Crippen molar-refractivity contribution in [2.24, 2.45) is 5.73 Å². The third-order valence-corrected chi connectivity index (χ3v) is 2.95. The molecule has 2 heterocycles. The maximum atomic E-state index is 5.79. The molecule has 1 aromatic carbocycles. The summed E-state index contributed by atoms with van der Waals surface area (Å²) in [7, 11) is 0. The van der Waals surface area contributed by atoms with Gasteiger partial charge in [-0.15, -0.1) is 0 Å². The number of rotatable bonds is 2. The van der Waals surface area contributed by atoms with E-state index in [0.717, 1.165) is 28.0 Å². The molecule has 3 heteroatoms. The predicted octanol–water partition coefficient (Wildman–Crippen LogP) is 3.51. The quantitative estimate of drug-likeness (QED) is 0.743. The van der Waals surface area contributed by atoms with Crippen molar-refractivity contribution in [1.29, 1.82) is 0 Å². The van der Waals surface area contributed by atoms with Crippen LogP contribution in [0.5, 0.6) is 0 Å². The molecule has 0 saturated carbocycles. The van der Waals surface area contributed by atoms with Crippen LogP contribution in [-0.2, 0) is 0 Å². The van der Waals surface area contributed by atoms with E-state index < -0.39 is 0 Å². The summed E-state index contributed by atoms with van der Waals surface area (Å²) in [5.74, 6) is 1.60. The Kier molecular flexibility index (Phi) is 2.61. The second kappa shape index (κ2) is 4.27. The van der Waals surface area contributed by atoms with Gasteiger partial charge in [0.15, 0.2) is 0 Å². The molecule has 2 aromatic heterocycles. The molecule has 0 bridgehead atoms. The zero-order valence-electron chi connectivity index (χ0n) is 10.1. The van der Waals surface area contributed by atoms with Gasteiger partial charge < -0.3 is 10.2 Å². The average Bonchev–Trinajstić information content (AvgIpc) is 2.88. The Balaban J connectivity index is 2.07. The second-order valence-electron chi connectivity index (χ2n) is 4.41. The third-order valence-electron chi connectivity index (χ3n) is 2.95. The van der Waals surface area contributed by atoms with Gasteiger partial charge in [-0.05, 0) is 31.2 Å². The summed E-state index contributed by atoms with van der Waals surface area (Å²) >= 11 is 0. The number of fused-ring (bicyclic) bond motifs is 1. The highest BCUT2D eigenvalue weighted by Crippen LogP contribution is 2.26. The van der Waals surface area contributed by atoms with Gasteiger partial charge in [0.05, 0.1) is 11.6 Å². The molecule has 0 aliphatic heterocycles.